The van der Waals surface area contributed by atoms with Crippen LogP contribution in [0.4, 0.5) is 0 Å². The zero-order valence-electron chi connectivity index (χ0n) is 32.3. The summed E-state index contributed by atoms with van der Waals surface area (Å²) in [6, 6.07) is -0.735. The average molecular weight is 702 g/mol. The predicted molar refractivity (Wildman–Crippen MR) is 203 cm³/mol. The van der Waals surface area contributed by atoms with Crippen molar-refractivity contribution in [1.29, 1.82) is 0 Å². The Morgan fingerprint density at radius 2 is 1.12 bits per heavy atom. The number of carboxylic acids is 1. The van der Waals surface area contributed by atoms with Crippen LogP contribution >= 0.6 is 0 Å². The van der Waals surface area contributed by atoms with Crippen LogP contribution in [0.15, 0.2) is 60.8 Å². The van der Waals surface area contributed by atoms with Gasteiger partial charge in [0.25, 0.3) is 0 Å². The van der Waals surface area contributed by atoms with E-state index in [2.05, 4.69) is 74.6 Å². The fraction of sp³-hybridized carbons (Fsp3) is 0.690. The number of aliphatic carboxylic acids is 1. The van der Waals surface area contributed by atoms with Crippen LogP contribution in [0.3, 0.4) is 0 Å². The summed E-state index contributed by atoms with van der Waals surface area (Å²) in [5.41, 5.74) is 0. The van der Waals surface area contributed by atoms with Gasteiger partial charge in [-0.15, -0.1) is 0 Å². The minimum Gasteiger partial charge on any atom is -0.544 e. The van der Waals surface area contributed by atoms with Gasteiger partial charge in [-0.25, -0.2) is 0 Å². The van der Waals surface area contributed by atoms with E-state index in [0.29, 0.717) is 12.8 Å². The fourth-order valence-corrected chi connectivity index (χ4v) is 5.16. The maximum Gasteiger partial charge on any atom is 0.306 e. The number of carbonyl (C=O) groups is 3. The van der Waals surface area contributed by atoms with Crippen molar-refractivity contribution in [3.05, 3.63) is 60.8 Å². The van der Waals surface area contributed by atoms with Gasteiger partial charge in [0.2, 0.25) is 0 Å². The summed E-state index contributed by atoms with van der Waals surface area (Å²) in [6.45, 7) is 4.44. The Balaban J connectivity index is 4.52. The van der Waals surface area contributed by atoms with E-state index in [9.17, 15) is 19.5 Å². The van der Waals surface area contributed by atoms with Crippen molar-refractivity contribution in [3.8, 4) is 0 Å². The van der Waals surface area contributed by atoms with Crippen molar-refractivity contribution in [3.63, 3.8) is 0 Å². The van der Waals surface area contributed by atoms with E-state index in [-0.39, 0.29) is 49.1 Å². The third kappa shape index (κ3) is 31.0. The van der Waals surface area contributed by atoms with Crippen LogP contribution in [0.25, 0.3) is 0 Å². The lowest BCUT2D eigenvalue weighted by Crippen LogP contribution is -2.55. The minimum atomic E-state index is -1.14. The van der Waals surface area contributed by atoms with E-state index in [1.54, 1.807) is 21.1 Å². The topological polar surface area (TPSA) is 102 Å². The molecule has 0 saturated carbocycles. The number of ether oxygens (including phenoxy) is 3. The lowest BCUT2D eigenvalue weighted by Gasteiger charge is -2.34. The highest BCUT2D eigenvalue weighted by atomic mass is 16.6. The molecule has 0 aliphatic rings. The zero-order chi connectivity index (χ0) is 37.1. The quantitative estimate of drug-likeness (QED) is 0.0293. The molecule has 0 spiro atoms. The number of carboxylic acid groups (broad SMARTS) is 1. The largest absolute Gasteiger partial charge is 0.544 e. The van der Waals surface area contributed by atoms with Crippen molar-refractivity contribution in [2.45, 2.75) is 148 Å². The molecule has 0 fully saturated rings. The Kier molecular flexibility index (Phi) is 31.2. The first-order chi connectivity index (χ1) is 24.1. The summed E-state index contributed by atoms with van der Waals surface area (Å²) >= 11 is 0. The normalized spacial score (nSPS) is 13.7. The Morgan fingerprint density at radius 3 is 1.64 bits per heavy atom. The summed E-state index contributed by atoms with van der Waals surface area (Å²) in [5.74, 6) is -1.82. The molecule has 50 heavy (non-hydrogen) atoms. The predicted octanol–water partition coefficient (Wildman–Crippen LogP) is 8.52. The number of esters is 2. The summed E-state index contributed by atoms with van der Waals surface area (Å²) in [7, 11) is 5.37. The molecule has 0 rings (SSSR count). The van der Waals surface area contributed by atoms with Gasteiger partial charge in [-0.3, -0.25) is 9.59 Å². The van der Waals surface area contributed by atoms with Crippen molar-refractivity contribution >= 4 is 17.9 Å². The highest BCUT2D eigenvalue weighted by Crippen LogP contribution is 2.12. The van der Waals surface area contributed by atoms with Gasteiger partial charge in [-0.05, 0) is 51.4 Å². The summed E-state index contributed by atoms with van der Waals surface area (Å²) < 4.78 is 17.0. The van der Waals surface area contributed by atoms with E-state index in [4.69, 9.17) is 14.2 Å². The Hall–Kier alpha value is -2.97. The molecule has 0 bridgehead atoms. The van der Waals surface area contributed by atoms with Crippen molar-refractivity contribution in [2.75, 3.05) is 41.0 Å². The smallest absolute Gasteiger partial charge is 0.306 e. The van der Waals surface area contributed by atoms with E-state index in [1.165, 1.54) is 38.5 Å². The van der Waals surface area contributed by atoms with Crippen LogP contribution in [-0.4, -0.2) is 75.5 Å². The standard InChI is InChI=1S/C42H71NO7/c1-6-8-10-12-14-16-17-18-19-20-21-22-23-25-27-29-31-33-41(45)50-38(36-48-35-34-39(42(46)47)43(3,4)5)37-49-40(44)32-30-28-26-24-15-13-11-9-7-2/h8,10,14,16,18-19,21-22,25,27,38-39H,6-7,9,11-13,15,17,20,23-24,26,28-37H2,1-5H3/b10-8+,16-14+,19-18+,22-21+,27-25+. The summed E-state index contributed by atoms with van der Waals surface area (Å²) in [4.78, 5) is 36.6. The van der Waals surface area contributed by atoms with Crippen molar-refractivity contribution < 1.29 is 38.2 Å². The molecule has 0 heterocycles. The van der Waals surface area contributed by atoms with Crippen LogP contribution in [0, 0.1) is 0 Å². The van der Waals surface area contributed by atoms with Gasteiger partial charge >= 0.3 is 11.9 Å². The number of unbranched alkanes of at least 4 members (excludes halogenated alkanes) is 9. The molecule has 0 aliphatic carbocycles. The molecule has 0 saturated heterocycles. The second kappa shape index (κ2) is 33.2. The monoisotopic (exact) mass is 702 g/mol. The molecule has 2 unspecified atom stereocenters. The molecule has 286 valence electrons. The number of hydrogen-bond donors (Lipinski definition) is 0. The van der Waals surface area contributed by atoms with Gasteiger partial charge in [0.15, 0.2) is 6.10 Å². The number of nitrogens with zero attached hydrogens (tertiary/aromatic N) is 1. The van der Waals surface area contributed by atoms with Gasteiger partial charge in [0.05, 0.1) is 40.3 Å². The Morgan fingerprint density at radius 1 is 0.620 bits per heavy atom. The number of carbonyl (C=O) groups excluding carboxylic acids is 3. The zero-order valence-corrected chi connectivity index (χ0v) is 32.3. The van der Waals surface area contributed by atoms with E-state index >= 15 is 0 Å². The van der Waals surface area contributed by atoms with Crippen molar-refractivity contribution in [2.24, 2.45) is 0 Å². The number of quaternary nitrogens is 1. The minimum absolute atomic E-state index is 0.0166. The Bertz CT molecular complexity index is 1010. The Labute approximate surface area is 305 Å². The second-order valence-electron chi connectivity index (χ2n) is 13.8. The van der Waals surface area contributed by atoms with Crippen molar-refractivity contribution in [1.82, 2.24) is 0 Å². The molecule has 0 radical (unpaired) electrons. The first-order valence-electron chi connectivity index (χ1n) is 19.3. The van der Waals surface area contributed by atoms with E-state index < -0.39 is 18.1 Å². The maximum atomic E-state index is 12.6. The van der Waals surface area contributed by atoms with E-state index in [0.717, 1.165) is 57.8 Å². The van der Waals surface area contributed by atoms with Crippen LogP contribution in [-0.2, 0) is 28.6 Å². The number of rotatable bonds is 33. The summed E-state index contributed by atoms with van der Waals surface area (Å²) in [6.07, 6.45) is 38.3. The molecule has 8 heteroatoms. The van der Waals surface area contributed by atoms with Gasteiger partial charge in [0, 0.05) is 19.3 Å². The first-order valence-corrected chi connectivity index (χ1v) is 19.3. The third-order valence-electron chi connectivity index (χ3n) is 8.17. The highest BCUT2D eigenvalue weighted by Gasteiger charge is 2.25. The second-order valence-corrected chi connectivity index (χ2v) is 13.8. The molecule has 0 aromatic carbocycles. The van der Waals surface area contributed by atoms with Gasteiger partial charge in [0.1, 0.15) is 12.6 Å². The van der Waals surface area contributed by atoms with Crippen LogP contribution in [0.2, 0.25) is 0 Å². The maximum absolute atomic E-state index is 12.6. The molecule has 0 aromatic heterocycles. The van der Waals surface area contributed by atoms with Crippen LogP contribution in [0.1, 0.15) is 136 Å². The molecule has 0 N–H and O–H groups in total. The molecular formula is C42H71NO7. The number of allylic oxidation sites excluding steroid dienone is 10. The average Bonchev–Trinajstić information content (AvgIpc) is 3.06. The highest BCUT2D eigenvalue weighted by molar-refractivity contribution is 5.70. The third-order valence-corrected chi connectivity index (χ3v) is 8.17. The molecule has 0 aromatic rings. The first kappa shape index (κ1) is 47.0. The summed E-state index contributed by atoms with van der Waals surface area (Å²) in [5, 5.41) is 11.6. The van der Waals surface area contributed by atoms with E-state index in [1.807, 2.05) is 0 Å². The fourth-order valence-electron chi connectivity index (χ4n) is 5.16. The number of likely N-dealkylation sites (N-methyl/N-ethyl adjacent to an activating group) is 1. The molecule has 2 atom stereocenters. The van der Waals surface area contributed by atoms with Crippen LogP contribution in [0.5, 0.6) is 0 Å². The van der Waals surface area contributed by atoms with Gasteiger partial charge in [-0.1, -0.05) is 126 Å². The number of hydrogen-bond acceptors (Lipinski definition) is 7. The van der Waals surface area contributed by atoms with Gasteiger partial charge in [-0.2, -0.15) is 0 Å². The lowest BCUT2D eigenvalue weighted by atomic mass is 10.1. The molecular weight excluding hydrogens is 630 g/mol. The lowest BCUT2D eigenvalue weighted by molar-refractivity contribution is -0.889. The molecule has 0 amide bonds. The van der Waals surface area contributed by atoms with Gasteiger partial charge < -0.3 is 28.6 Å². The van der Waals surface area contributed by atoms with Crippen LogP contribution < -0.4 is 5.11 Å². The molecule has 8 nitrogen and oxygen atoms in total. The molecule has 0 aliphatic heterocycles. The SMILES string of the molecule is CC/C=C/C/C=C/C/C=C/C/C=C/C/C=C/CCCC(=O)OC(COCCC(C(=O)[O-])[N+](C)(C)C)COC(=O)CCCCCCCCCCC.